The largest absolute Gasteiger partial charge is 0.393 e. The van der Waals surface area contributed by atoms with Gasteiger partial charge in [-0.05, 0) is 37.1 Å². The predicted octanol–water partition coefficient (Wildman–Crippen LogP) is 4.43. The highest BCUT2D eigenvalue weighted by atomic mass is 19.1. The summed E-state index contributed by atoms with van der Waals surface area (Å²) in [5.74, 6) is -1.34. The molecular formula is C27H32F4N4O. The molecule has 194 valence electrons. The quantitative estimate of drug-likeness (QED) is 0.378. The van der Waals surface area contributed by atoms with Gasteiger partial charge in [-0.1, -0.05) is 18.2 Å². The average molecular weight is 505 g/mol. The van der Waals surface area contributed by atoms with Crippen molar-refractivity contribution >= 4 is 16.6 Å². The molecule has 5 nitrogen and oxygen atoms in total. The number of aromatic nitrogens is 1. The summed E-state index contributed by atoms with van der Waals surface area (Å²) < 4.78 is 58.2. The smallest absolute Gasteiger partial charge is 0.136 e. The fourth-order valence-corrected chi connectivity index (χ4v) is 5.65. The molecule has 2 aliphatic rings. The van der Waals surface area contributed by atoms with Crippen molar-refractivity contribution in [2.75, 3.05) is 51.3 Å². The number of H-pyrrole nitrogens is 1. The number of aromatic amines is 1. The van der Waals surface area contributed by atoms with Gasteiger partial charge in [-0.25, -0.2) is 13.2 Å². The van der Waals surface area contributed by atoms with Gasteiger partial charge in [-0.2, -0.15) is 0 Å². The highest BCUT2D eigenvalue weighted by Crippen LogP contribution is 2.43. The van der Waals surface area contributed by atoms with Gasteiger partial charge in [0.1, 0.15) is 17.8 Å². The Morgan fingerprint density at radius 2 is 1.89 bits per heavy atom. The zero-order valence-corrected chi connectivity index (χ0v) is 20.3. The van der Waals surface area contributed by atoms with E-state index < -0.39 is 30.5 Å². The average Bonchev–Trinajstić information content (AvgIpc) is 3.19. The molecular weight excluding hydrogens is 472 g/mol. The molecule has 1 aromatic heterocycles. The van der Waals surface area contributed by atoms with Crippen LogP contribution in [0.25, 0.3) is 10.9 Å². The van der Waals surface area contributed by atoms with Gasteiger partial charge in [0.05, 0.1) is 19.3 Å². The Morgan fingerprint density at radius 3 is 2.58 bits per heavy atom. The molecule has 3 aromatic rings. The second-order valence-corrected chi connectivity index (χ2v) is 10.1. The summed E-state index contributed by atoms with van der Waals surface area (Å²) in [7, 11) is 0. The summed E-state index contributed by atoms with van der Waals surface area (Å²) in [5, 5.41) is 13.4. The summed E-state index contributed by atoms with van der Waals surface area (Å²) in [6.45, 7) is 3.33. The summed E-state index contributed by atoms with van der Waals surface area (Å²) >= 11 is 0. The number of rotatable bonds is 9. The number of hydrogen-bond acceptors (Lipinski definition) is 4. The molecule has 3 heterocycles. The van der Waals surface area contributed by atoms with Crippen molar-refractivity contribution in [2.24, 2.45) is 5.92 Å². The van der Waals surface area contributed by atoms with E-state index in [2.05, 4.69) is 15.2 Å². The lowest BCUT2D eigenvalue weighted by molar-refractivity contribution is 0.0750. The standard InChI is InChI=1S/C27H32F4N4O/c1-16-8-21-20-4-2-3-5-24(20)33-26(21)27(35(16)14-18(29)15-36)25-22(30)9-19(10-23(25)31)32-6-7-34-12-17(11-28)13-34/h2-5,9-10,16-18,27,32-33,36H,6-8,11-15H2,1H3/t16-,18+,27-/m1/s1. The van der Waals surface area contributed by atoms with Gasteiger partial charge >= 0.3 is 0 Å². The van der Waals surface area contributed by atoms with Crippen LogP contribution in [0.2, 0.25) is 0 Å². The molecule has 5 rings (SSSR count). The maximum Gasteiger partial charge on any atom is 0.136 e. The van der Waals surface area contributed by atoms with Crippen LogP contribution in [0.5, 0.6) is 0 Å². The number of likely N-dealkylation sites (tertiary alicyclic amines) is 1. The molecule has 36 heavy (non-hydrogen) atoms. The Kier molecular flexibility index (Phi) is 7.23. The number of fused-ring (bicyclic) bond motifs is 3. The molecule has 0 saturated carbocycles. The van der Waals surface area contributed by atoms with Crippen molar-refractivity contribution in [1.29, 1.82) is 0 Å². The first-order valence-electron chi connectivity index (χ1n) is 12.5. The lowest BCUT2D eigenvalue weighted by atomic mass is 9.87. The predicted molar refractivity (Wildman–Crippen MR) is 133 cm³/mol. The molecule has 0 spiro atoms. The number of hydrogen-bond donors (Lipinski definition) is 3. The van der Waals surface area contributed by atoms with Gasteiger partial charge in [0.25, 0.3) is 0 Å². The Bertz CT molecular complexity index is 1190. The highest BCUT2D eigenvalue weighted by Gasteiger charge is 2.39. The Labute approximate surface area is 208 Å². The summed E-state index contributed by atoms with van der Waals surface area (Å²) in [4.78, 5) is 7.16. The molecule has 0 aliphatic carbocycles. The van der Waals surface area contributed by atoms with Crippen molar-refractivity contribution in [3.8, 4) is 0 Å². The van der Waals surface area contributed by atoms with E-state index in [-0.39, 0.29) is 30.7 Å². The zero-order chi connectivity index (χ0) is 25.4. The molecule has 0 bridgehead atoms. The zero-order valence-electron chi connectivity index (χ0n) is 20.3. The molecule has 3 N–H and O–H groups in total. The molecule has 1 saturated heterocycles. The van der Waals surface area contributed by atoms with Crippen molar-refractivity contribution in [3.63, 3.8) is 0 Å². The van der Waals surface area contributed by atoms with Gasteiger partial charge < -0.3 is 20.3 Å². The van der Waals surface area contributed by atoms with E-state index in [9.17, 15) is 13.9 Å². The summed E-state index contributed by atoms with van der Waals surface area (Å²) in [6, 6.07) is 9.19. The molecule has 2 aromatic carbocycles. The van der Waals surface area contributed by atoms with E-state index in [0.29, 0.717) is 44.0 Å². The van der Waals surface area contributed by atoms with Crippen LogP contribution in [0, 0.1) is 17.6 Å². The number of benzene rings is 2. The molecule has 9 heteroatoms. The number of nitrogens with one attached hydrogen (secondary N) is 2. The Hall–Kier alpha value is -2.62. The second-order valence-electron chi connectivity index (χ2n) is 10.1. The normalized spacial score (nSPS) is 21.9. The van der Waals surface area contributed by atoms with E-state index in [1.165, 1.54) is 12.1 Å². The van der Waals surface area contributed by atoms with Crippen molar-refractivity contribution < 1.29 is 22.7 Å². The van der Waals surface area contributed by atoms with E-state index in [1.54, 1.807) is 4.90 Å². The first-order chi connectivity index (χ1) is 17.4. The molecule has 1 fully saturated rings. The number of nitrogens with zero attached hydrogens (tertiary/aromatic N) is 2. The maximum absolute atomic E-state index is 15.6. The SMILES string of the molecule is C[C@@H]1Cc2c([nH]c3ccccc23)[C@@H](c2c(F)cc(NCCN3CC(CF)C3)cc2F)N1C[C@H](F)CO. The van der Waals surface area contributed by atoms with Crippen molar-refractivity contribution in [1.82, 2.24) is 14.8 Å². The molecule has 0 radical (unpaired) electrons. The number of alkyl halides is 2. The number of aliphatic hydroxyl groups is 1. The van der Waals surface area contributed by atoms with E-state index in [1.807, 2.05) is 31.2 Å². The first-order valence-corrected chi connectivity index (χ1v) is 12.5. The van der Waals surface area contributed by atoms with Gasteiger partial charge in [0.15, 0.2) is 0 Å². The minimum absolute atomic E-state index is 0.0873. The number of halogens is 4. The van der Waals surface area contributed by atoms with Crippen LogP contribution in [0.15, 0.2) is 36.4 Å². The van der Waals surface area contributed by atoms with Crippen molar-refractivity contribution in [3.05, 3.63) is 64.9 Å². The van der Waals surface area contributed by atoms with E-state index in [0.717, 1.165) is 16.5 Å². The van der Waals surface area contributed by atoms with E-state index in [4.69, 9.17) is 0 Å². The summed E-state index contributed by atoms with van der Waals surface area (Å²) in [5.41, 5.74) is 2.67. The molecule has 2 aliphatic heterocycles. The second kappa shape index (κ2) is 10.4. The van der Waals surface area contributed by atoms with E-state index >= 15 is 8.78 Å². The van der Waals surface area contributed by atoms with Crippen molar-refractivity contribution in [2.45, 2.75) is 31.6 Å². The van der Waals surface area contributed by atoms with Crippen LogP contribution < -0.4 is 5.32 Å². The van der Waals surface area contributed by atoms with Crippen LogP contribution in [0.1, 0.15) is 29.8 Å². The first kappa shape index (κ1) is 25.0. The number of aliphatic hydroxyl groups excluding tert-OH is 1. The fourth-order valence-electron chi connectivity index (χ4n) is 5.65. The van der Waals surface area contributed by atoms with Crippen LogP contribution in [0.3, 0.4) is 0 Å². The number of para-hydroxylation sites is 1. The van der Waals surface area contributed by atoms with Gasteiger partial charge in [-0.15, -0.1) is 0 Å². The highest BCUT2D eigenvalue weighted by molar-refractivity contribution is 5.85. The van der Waals surface area contributed by atoms with Crippen LogP contribution >= 0.6 is 0 Å². The number of anilines is 1. The Balaban J connectivity index is 1.46. The van der Waals surface area contributed by atoms with Gasteiger partial charge in [-0.3, -0.25) is 9.29 Å². The monoisotopic (exact) mass is 504 g/mol. The fraction of sp³-hybridized carbons (Fsp3) is 0.481. The Morgan fingerprint density at radius 1 is 1.17 bits per heavy atom. The van der Waals surface area contributed by atoms with Gasteiger partial charge in [0, 0.05) is 72.5 Å². The van der Waals surface area contributed by atoms with Crippen LogP contribution in [-0.2, 0) is 6.42 Å². The summed E-state index contributed by atoms with van der Waals surface area (Å²) in [6.07, 6.45) is -0.942. The third-order valence-corrected chi connectivity index (χ3v) is 7.49. The molecule has 3 atom stereocenters. The molecule has 0 unspecified atom stereocenters. The minimum atomic E-state index is -1.54. The minimum Gasteiger partial charge on any atom is -0.393 e. The third-order valence-electron chi connectivity index (χ3n) is 7.49. The lowest BCUT2D eigenvalue weighted by Crippen LogP contribution is -2.49. The van der Waals surface area contributed by atoms with Crippen LogP contribution in [0.4, 0.5) is 23.2 Å². The van der Waals surface area contributed by atoms with Gasteiger partial charge in [0.2, 0.25) is 0 Å². The molecule has 0 amide bonds. The lowest BCUT2D eigenvalue weighted by Gasteiger charge is -2.41. The topological polar surface area (TPSA) is 54.5 Å². The maximum atomic E-state index is 15.6. The van der Waals surface area contributed by atoms with Crippen LogP contribution in [-0.4, -0.2) is 78.1 Å². The third kappa shape index (κ3) is 4.71.